The lowest BCUT2D eigenvalue weighted by Crippen LogP contribution is -2.66. The van der Waals surface area contributed by atoms with Crippen molar-refractivity contribution in [3.05, 3.63) is 11.3 Å². The lowest BCUT2D eigenvalue weighted by molar-refractivity contribution is -0.197. The third-order valence-corrected chi connectivity index (χ3v) is 5.57. The largest absolute Gasteiger partial charge is 0.462 e. The van der Waals surface area contributed by atoms with Gasteiger partial charge in [-0.25, -0.2) is 4.79 Å². The van der Waals surface area contributed by atoms with Gasteiger partial charge in [0.2, 0.25) is 11.4 Å². The maximum Gasteiger partial charge on any atom is 0.425 e. The molecule has 1 aliphatic carbocycles. The van der Waals surface area contributed by atoms with Gasteiger partial charge in [-0.15, -0.1) is 0 Å². The lowest BCUT2D eigenvalue weighted by Gasteiger charge is -2.36. The first-order valence-corrected chi connectivity index (χ1v) is 10.2. The van der Waals surface area contributed by atoms with Crippen LogP contribution in [0.15, 0.2) is 11.3 Å². The van der Waals surface area contributed by atoms with Crippen molar-refractivity contribution in [3.63, 3.8) is 0 Å². The Morgan fingerprint density at radius 1 is 1.21 bits per heavy atom. The number of amides is 2. The Balaban J connectivity index is 2.59. The van der Waals surface area contributed by atoms with Gasteiger partial charge >= 0.3 is 12.1 Å². The highest BCUT2D eigenvalue weighted by Crippen LogP contribution is 2.47. The van der Waals surface area contributed by atoms with Crippen molar-refractivity contribution in [3.8, 4) is 0 Å². The summed E-state index contributed by atoms with van der Waals surface area (Å²) in [6.45, 7) is 4.44. The van der Waals surface area contributed by atoms with Crippen LogP contribution in [0.25, 0.3) is 0 Å². The summed E-state index contributed by atoms with van der Waals surface area (Å²) in [5.74, 6) is -3.47. The van der Waals surface area contributed by atoms with Crippen LogP contribution in [0.5, 0.6) is 0 Å². The minimum Gasteiger partial charge on any atom is -0.462 e. The summed E-state index contributed by atoms with van der Waals surface area (Å²) in [4.78, 5) is 39.2. The third-order valence-electron chi connectivity index (χ3n) is 5.57. The van der Waals surface area contributed by atoms with Gasteiger partial charge < -0.3 is 15.0 Å². The highest BCUT2D eigenvalue weighted by molar-refractivity contribution is 6.10. The summed E-state index contributed by atoms with van der Waals surface area (Å²) in [5.41, 5.74) is -4.33. The van der Waals surface area contributed by atoms with Gasteiger partial charge in [0.25, 0.3) is 5.91 Å². The number of rotatable bonds is 7. The van der Waals surface area contributed by atoms with E-state index in [0.717, 1.165) is 24.2 Å². The van der Waals surface area contributed by atoms with Crippen molar-refractivity contribution in [2.75, 3.05) is 6.61 Å². The molecule has 0 saturated heterocycles. The monoisotopic (exact) mass is 418 g/mol. The van der Waals surface area contributed by atoms with Gasteiger partial charge in [0, 0.05) is 18.2 Å². The predicted molar refractivity (Wildman–Crippen MR) is 99.5 cm³/mol. The molecule has 0 aromatic heterocycles. The molecule has 1 N–H and O–H groups in total. The number of nitrogens with one attached hydrogen (secondary N) is 1. The molecule has 0 aromatic carbocycles. The van der Waals surface area contributed by atoms with E-state index < -0.39 is 41.1 Å². The number of carbonyl (C=O) groups excluding carboxylic acids is 3. The summed E-state index contributed by atoms with van der Waals surface area (Å²) < 4.78 is 48.1. The average molecular weight is 418 g/mol. The normalized spacial score (nSPS) is 23.5. The second-order valence-electron chi connectivity index (χ2n) is 7.55. The van der Waals surface area contributed by atoms with Crippen LogP contribution < -0.4 is 5.32 Å². The minimum atomic E-state index is -5.20. The van der Waals surface area contributed by atoms with Crippen molar-refractivity contribution in [1.82, 2.24) is 10.2 Å². The van der Waals surface area contributed by atoms with Gasteiger partial charge in [-0.05, 0) is 33.1 Å². The van der Waals surface area contributed by atoms with Crippen LogP contribution in [0, 0.1) is 0 Å². The molecular weight excluding hydrogens is 389 g/mol. The molecule has 1 atom stereocenters. The van der Waals surface area contributed by atoms with Gasteiger partial charge in [-0.1, -0.05) is 32.6 Å². The molecule has 1 fully saturated rings. The fourth-order valence-corrected chi connectivity index (χ4v) is 4.17. The van der Waals surface area contributed by atoms with Crippen molar-refractivity contribution in [2.45, 2.75) is 89.9 Å². The molecule has 2 rings (SSSR count). The van der Waals surface area contributed by atoms with E-state index in [0.29, 0.717) is 25.7 Å². The molecule has 2 aliphatic rings. The van der Waals surface area contributed by atoms with Crippen LogP contribution in [0.2, 0.25) is 0 Å². The molecule has 1 aliphatic heterocycles. The minimum absolute atomic E-state index is 0.0894. The number of hydrogen-bond acceptors (Lipinski definition) is 4. The van der Waals surface area contributed by atoms with Crippen molar-refractivity contribution >= 4 is 17.8 Å². The Morgan fingerprint density at radius 2 is 1.83 bits per heavy atom. The Bertz CT molecular complexity index is 684. The summed E-state index contributed by atoms with van der Waals surface area (Å²) in [7, 11) is 0. The zero-order valence-electron chi connectivity index (χ0n) is 17.2. The van der Waals surface area contributed by atoms with Gasteiger partial charge in [0.15, 0.2) is 0 Å². The number of halogens is 3. The van der Waals surface area contributed by atoms with Crippen molar-refractivity contribution < 1.29 is 32.3 Å². The van der Waals surface area contributed by atoms with Gasteiger partial charge in [-0.2, -0.15) is 13.2 Å². The standard InChI is InChI=1S/C20H29F3N2O4/c1-4-6-12-15(26)24-19(20(21,22)23)16(17(27)29-5-2)13(3)25(18(19)28)14-10-8-7-9-11-14/h14H,4-12H2,1-3H3,(H,24,26)/t19-/m1/s1. The number of nitrogens with zero attached hydrogens (tertiary/aromatic N) is 1. The zero-order chi connectivity index (χ0) is 21.8. The molecule has 1 heterocycles. The topological polar surface area (TPSA) is 75.7 Å². The van der Waals surface area contributed by atoms with Crippen LogP contribution in [0.3, 0.4) is 0 Å². The first-order valence-electron chi connectivity index (χ1n) is 10.2. The number of carbonyl (C=O) groups is 3. The van der Waals surface area contributed by atoms with E-state index in [1.807, 2.05) is 5.32 Å². The summed E-state index contributed by atoms with van der Waals surface area (Å²) in [5, 5.41) is 1.89. The van der Waals surface area contributed by atoms with Crippen LogP contribution in [-0.2, 0) is 19.1 Å². The lowest BCUT2D eigenvalue weighted by atomic mass is 9.88. The summed E-state index contributed by atoms with van der Waals surface area (Å²) in [6, 6.07) is -0.433. The first-order chi connectivity index (χ1) is 13.6. The molecule has 0 spiro atoms. The molecule has 6 nitrogen and oxygen atoms in total. The van der Waals surface area contributed by atoms with E-state index >= 15 is 0 Å². The molecule has 0 unspecified atom stereocenters. The Kier molecular flexibility index (Phi) is 7.35. The second kappa shape index (κ2) is 9.17. The molecule has 0 radical (unpaired) electrons. The van der Waals surface area contributed by atoms with Crippen molar-refractivity contribution in [1.29, 1.82) is 0 Å². The summed E-state index contributed by atoms with van der Waals surface area (Å²) >= 11 is 0. The maximum absolute atomic E-state index is 14.4. The highest BCUT2D eigenvalue weighted by Gasteiger charge is 2.71. The highest BCUT2D eigenvalue weighted by atomic mass is 19.4. The molecule has 164 valence electrons. The van der Waals surface area contributed by atoms with Crippen molar-refractivity contribution in [2.24, 2.45) is 0 Å². The second-order valence-corrected chi connectivity index (χ2v) is 7.55. The Hall–Kier alpha value is -2.06. The van der Waals surface area contributed by atoms with Crippen LogP contribution in [0.1, 0.15) is 72.1 Å². The molecule has 9 heteroatoms. The van der Waals surface area contributed by atoms with Gasteiger partial charge in [0.05, 0.1) is 6.61 Å². The average Bonchev–Trinajstić information content (AvgIpc) is 2.88. The molecule has 0 aromatic rings. The smallest absolute Gasteiger partial charge is 0.425 e. The molecule has 2 amide bonds. The van der Waals surface area contributed by atoms with Crippen LogP contribution in [-0.4, -0.2) is 47.0 Å². The van der Waals surface area contributed by atoms with Crippen LogP contribution in [0.4, 0.5) is 13.2 Å². The third kappa shape index (κ3) is 4.28. The van der Waals surface area contributed by atoms with E-state index in [4.69, 9.17) is 4.74 Å². The van der Waals surface area contributed by atoms with E-state index in [-0.39, 0.29) is 18.7 Å². The maximum atomic E-state index is 14.4. The Morgan fingerprint density at radius 3 is 2.34 bits per heavy atom. The summed E-state index contributed by atoms with van der Waals surface area (Å²) in [6.07, 6.45) is -0.750. The Labute approximate surface area is 168 Å². The first kappa shape index (κ1) is 23.2. The molecular formula is C20H29F3N2O4. The quantitative estimate of drug-likeness (QED) is 0.641. The number of hydrogen-bond donors (Lipinski definition) is 1. The molecule has 0 bridgehead atoms. The molecule has 29 heavy (non-hydrogen) atoms. The molecule has 1 saturated carbocycles. The number of unbranched alkanes of at least 4 members (excludes halogenated alkanes) is 1. The van der Waals surface area contributed by atoms with E-state index in [9.17, 15) is 27.6 Å². The number of alkyl halides is 3. The zero-order valence-corrected chi connectivity index (χ0v) is 17.2. The van der Waals surface area contributed by atoms with E-state index in [1.54, 1.807) is 6.92 Å². The van der Waals surface area contributed by atoms with Crippen LogP contribution >= 0.6 is 0 Å². The van der Waals surface area contributed by atoms with Gasteiger partial charge in [-0.3, -0.25) is 9.59 Å². The number of esters is 1. The fourth-order valence-electron chi connectivity index (χ4n) is 4.17. The van der Waals surface area contributed by atoms with E-state index in [1.165, 1.54) is 13.8 Å². The fraction of sp³-hybridized carbons (Fsp3) is 0.750. The number of ether oxygens (including phenoxy) is 1. The van der Waals surface area contributed by atoms with Gasteiger partial charge in [0.1, 0.15) is 5.57 Å². The SMILES string of the molecule is CCCCC(=O)N[C@@]1(C(F)(F)F)C(=O)N(C2CCCCC2)C(C)=C1C(=O)OCC. The van der Waals surface area contributed by atoms with E-state index in [2.05, 4.69) is 0 Å². The number of allylic oxidation sites excluding steroid dienone is 1. The predicted octanol–water partition coefficient (Wildman–Crippen LogP) is 3.61.